The van der Waals surface area contributed by atoms with Crippen molar-refractivity contribution >= 4 is 0 Å². The predicted octanol–water partition coefficient (Wildman–Crippen LogP) is 2.14. The van der Waals surface area contributed by atoms with Gasteiger partial charge in [-0.1, -0.05) is 6.92 Å². The molecule has 0 fully saturated rings. The highest BCUT2D eigenvalue weighted by atomic mass is 19.1. The number of halogens is 1. The molecule has 0 saturated carbocycles. The van der Waals surface area contributed by atoms with Gasteiger partial charge in [0.2, 0.25) is 0 Å². The Balaban J connectivity index is 2.58. The first-order valence-electron chi connectivity index (χ1n) is 4.65. The number of nitrogens with one attached hydrogen (secondary N) is 1. The molecule has 1 N–H and O–H groups in total. The van der Waals surface area contributed by atoms with Crippen LogP contribution in [0.4, 0.5) is 4.39 Å². The highest BCUT2D eigenvalue weighted by molar-refractivity contribution is 5.24. The molecule has 0 saturated heterocycles. The summed E-state index contributed by atoms with van der Waals surface area (Å²) in [6, 6.07) is 0.131. The summed E-state index contributed by atoms with van der Waals surface area (Å²) in [7, 11) is 1.85. The fourth-order valence-electron chi connectivity index (χ4n) is 1.26. The van der Waals surface area contributed by atoms with Gasteiger partial charge in [-0.3, -0.25) is 0 Å². The molecule has 3 heteroatoms. The third-order valence-electron chi connectivity index (χ3n) is 1.99. The normalized spacial score (nSPS) is 22.2. The van der Waals surface area contributed by atoms with Crippen molar-refractivity contribution in [3.8, 4) is 0 Å². The molecular formula is C10H16FNO. The summed E-state index contributed by atoms with van der Waals surface area (Å²) in [5, 5.41) is 3.08. The number of likely N-dealkylation sites (N-methyl/N-ethyl adjacent to an activating group) is 1. The molecule has 0 radical (unpaired) electrons. The lowest BCUT2D eigenvalue weighted by atomic mass is 10.1. The number of hydrogen-bond acceptors (Lipinski definition) is 2. The minimum Gasteiger partial charge on any atom is -0.496 e. The lowest BCUT2D eigenvalue weighted by molar-refractivity contribution is 0.184. The average Bonchev–Trinajstić information content (AvgIpc) is 2.15. The third-order valence-corrected chi connectivity index (χ3v) is 1.99. The second kappa shape index (κ2) is 5.02. The van der Waals surface area contributed by atoms with Gasteiger partial charge >= 0.3 is 0 Å². The Morgan fingerprint density at radius 3 is 3.08 bits per heavy atom. The molecule has 1 aliphatic carbocycles. The van der Waals surface area contributed by atoms with Gasteiger partial charge in [-0.2, -0.15) is 0 Å². The summed E-state index contributed by atoms with van der Waals surface area (Å²) < 4.78 is 18.3. The van der Waals surface area contributed by atoms with Crippen molar-refractivity contribution in [1.82, 2.24) is 5.32 Å². The molecule has 0 aliphatic heterocycles. The van der Waals surface area contributed by atoms with E-state index >= 15 is 0 Å². The summed E-state index contributed by atoms with van der Waals surface area (Å²) in [5.74, 6) is 0.516. The van der Waals surface area contributed by atoms with Gasteiger partial charge in [0.05, 0.1) is 12.6 Å². The highest BCUT2D eigenvalue weighted by Crippen LogP contribution is 2.19. The van der Waals surface area contributed by atoms with Crippen LogP contribution in [0.5, 0.6) is 0 Å². The van der Waals surface area contributed by atoms with E-state index in [0.29, 0.717) is 18.8 Å². The fourth-order valence-corrected chi connectivity index (χ4v) is 1.26. The van der Waals surface area contributed by atoms with Crippen molar-refractivity contribution in [2.75, 3.05) is 13.7 Å². The predicted molar refractivity (Wildman–Crippen MR) is 51.0 cm³/mol. The summed E-state index contributed by atoms with van der Waals surface area (Å²) in [4.78, 5) is 0. The van der Waals surface area contributed by atoms with Crippen LogP contribution >= 0.6 is 0 Å². The molecule has 1 rings (SSSR count). The zero-order valence-corrected chi connectivity index (χ0v) is 8.14. The Hall–Kier alpha value is -0.830. The summed E-state index contributed by atoms with van der Waals surface area (Å²) in [6.07, 6.45) is 4.64. The van der Waals surface area contributed by atoms with E-state index in [1.807, 2.05) is 14.0 Å². The van der Waals surface area contributed by atoms with Gasteiger partial charge in [0, 0.05) is 6.08 Å². The molecule has 0 amide bonds. The van der Waals surface area contributed by atoms with E-state index in [2.05, 4.69) is 5.32 Å². The van der Waals surface area contributed by atoms with E-state index in [1.54, 1.807) is 6.08 Å². The lowest BCUT2D eigenvalue weighted by Crippen LogP contribution is -2.29. The van der Waals surface area contributed by atoms with Gasteiger partial charge in [0.1, 0.15) is 11.6 Å². The van der Waals surface area contributed by atoms with Crippen molar-refractivity contribution in [3.63, 3.8) is 0 Å². The van der Waals surface area contributed by atoms with Crippen molar-refractivity contribution in [3.05, 3.63) is 23.7 Å². The van der Waals surface area contributed by atoms with Crippen LogP contribution in [0.3, 0.4) is 0 Å². The third kappa shape index (κ3) is 2.84. The van der Waals surface area contributed by atoms with Crippen LogP contribution in [-0.4, -0.2) is 19.7 Å². The minimum absolute atomic E-state index is 0.131. The smallest absolute Gasteiger partial charge is 0.122 e. The van der Waals surface area contributed by atoms with E-state index < -0.39 is 0 Å². The Bertz CT molecular complexity index is 223. The molecule has 2 nitrogen and oxygen atoms in total. The second-order valence-electron chi connectivity index (χ2n) is 3.06. The highest BCUT2D eigenvalue weighted by Gasteiger charge is 2.17. The molecule has 0 aromatic carbocycles. The Kier molecular flexibility index (Phi) is 3.96. The standard InChI is InChI=1S/C10H16FNO/c1-3-6-13-10-7-8(11)4-5-9(10)12-2/h4,7,9,12H,3,5-6H2,1-2H3. The van der Waals surface area contributed by atoms with Crippen molar-refractivity contribution in [1.29, 1.82) is 0 Å². The van der Waals surface area contributed by atoms with Crippen molar-refractivity contribution < 1.29 is 9.13 Å². The van der Waals surface area contributed by atoms with Crippen LogP contribution in [0.1, 0.15) is 19.8 Å². The lowest BCUT2D eigenvalue weighted by Gasteiger charge is -2.21. The first kappa shape index (κ1) is 10.3. The van der Waals surface area contributed by atoms with Gasteiger partial charge in [0.15, 0.2) is 0 Å². The molecule has 1 unspecified atom stereocenters. The van der Waals surface area contributed by atoms with Crippen LogP contribution < -0.4 is 5.32 Å². The SMILES string of the molecule is CCCOC1=CC(F)=CCC1NC. The Morgan fingerprint density at radius 2 is 2.46 bits per heavy atom. The van der Waals surface area contributed by atoms with Crippen LogP contribution in [0, 0.1) is 0 Å². The summed E-state index contributed by atoms with van der Waals surface area (Å²) in [6.45, 7) is 2.68. The quantitative estimate of drug-likeness (QED) is 0.724. The number of ether oxygens (including phenoxy) is 1. The van der Waals surface area contributed by atoms with Crippen LogP contribution in [0.15, 0.2) is 23.7 Å². The molecule has 0 aromatic rings. The largest absolute Gasteiger partial charge is 0.496 e. The van der Waals surface area contributed by atoms with Crippen molar-refractivity contribution in [2.45, 2.75) is 25.8 Å². The molecular weight excluding hydrogens is 169 g/mol. The van der Waals surface area contributed by atoms with E-state index in [0.717, 1.165) is 6.42 Å². The summed E-state index contributed by atoms with van der Waals surface area (Å²) >= 11 is 0. The topological polar surface area (TPSA) is 21.3 Å². The molecule has 74 valence electrons. The zero-order valence-electron chi connectivity index (χ0n) is 8.14. The van der Waals surface area contributed by atoms with Gasteiger partial charge < -0.3 is 10.1 Å². The van der Waals surface area contributed by atoms with E-state index in [-0.39, 0.29) is 11.9 Å². The average molecular weight is 185 g/mol. The molecule has 0 aromatic heterocycles. The van der Waals surface area contributed by atoms with Crippen LogP contribution in [-0.2, 0) is 4.74 Å². The maximum atomic E-state index is 12.8. The van der Waals surface area contributed by atoms with Crippen molar-refractivity contribution in [2.24, 2.45) is 0 Å². The minimum atomic E-state index is -0.197. The van der Waals surface area contributed by atoms with Crippen LogP contribution in [0.25, 0.3) is 0 Å². The molecule has 13 heavy (non-hydrogen) atoms. The first-order valence-corrected chi connectivity index (χ1v) is 4.65. The Morgan fingerprint density at radius 1 is 1.69 bits per heavy atom. The van der Waals surface area contributed by atoms with E-state index in [4.69, 9.17) is 4.74 Å². The number of rotatable bonds is 4. The first-order chi connectivity index (χ1) is 6.27. The number of allylic oxidation sites excluding steroid dienone is 2. The van der Waals surface area contributed by atoms with Gasteiger partial charge in [0.25, 0.3) is 0 Å². The molecule has 0 heterocycles. The summed E-state index contributed by atoms with van der Waals surface area (Å²) in [5.41, 5.74) is 0. The maximum absolute atomic E-state index is 12.8. The van der Waals surface area contributed by atoms with Gasteiger partial charge in [-0.25, -0.2) is 4.39 Å². The molecule has 1 atom stereocenters. The van der Waals surface area contributed by atoms with Gasteiger partial charge in [-0.15, -0.1) is 0 Å². The monoisotopic (exact) mass is 185 g/mol. The van der Waals surface area contributed by atoms with Gasteiger partial charge in [-0.05, 0) is 26.0 Å². The van der Waals surface area contributed by atoms with E-state index in [9.17, 15) is 4.39 Å². The zero-order chi connectivity index (χ0) is 9.68. The molecule has 0 spiro atoms. The van der Waals surface area contributed by atoms with E-state index in [1.165, 1.54) is 6.08 Å². The molecule has 1 aliphatic rings. The second-order valence-corrected chi connectivity index (χ2v) is 3.06. The van der Waals surface area contributed by atoms with Crippen LogP contribution in [0.2, 0.25) is 0 Å². The fraction of sp³-hybridized carbons (Fsp3) is 0.600. The maximum Gasteiger partial charge on any atom is 0.122 e. The Labute approximate surface area is 78.5 Å². The number of hydrogen-bond donors (Lipinski definition) is 1. The molecule has 0 bridgehead atoms.